The number of cyclic esters (lactones) is 1. The Morgan fingerprint density at radius 1 is 1.12 bits per heavy atom. The number of likely N-dealkylation sites (tertiary alicyclic amines) is 2. The van der Waals surface area contributed by atoms with Gasteiger partial charge in [-0.25, -0.2) is 15.2 Å². The number of ether oxygens (including phenoxy) is 2. The molecule has 0 aliphatic carbocycles. The fourth-order valence-electron chi connectivity index (χ4n) is 10.6. The number of hydrogen-bond donors (Lipinski definition) is 2. The Balaban J connectivity index is 1.15. The number of urea groups is 1. The predicted molar refractivity (Wildman–Crippen MR) is 252 cm³/mol. The lowest BCUT2D eigenvalue weighted by Gasteiger charge is -2.38. The lowest BCUT2D eigenvalue weighted by molar-refractivity contribution is -0.155. The van der Waals surface area contributed by atoms with Gasteiger partial charge >= 0.3 is 12.0 Å². The zero-order valence-electron chi connectivity index (χ0n) is 39.6. The molecule has 3 fully saturated rings. The lowest BCUT2D eigenvalue weighted by atomic mass is 9.84. The number of methoxy groups -OCH3 is 1. The minimum atomic E-state index is -1.03. The Hall–Kier alpha value is -4.90. The van der Waals surface area contributed by atoms with Crippen molar-refractivity contribution in [2.75, 3.05) is 54.0 Å². The summed E-state index contributed by atoms with van der Waals surface area (Å²) in [5.41, 5.74) is 9.44. The van der Waals surface area contributed by atoms with Gasteiger partial charge in [0.2, 0.25) is 5.91 Å². The average Bonchev–Trinajstić information content (AvgIpc) is 3.94. The second-order valence-corrected chi connectivity index (χ2v) is 20.7. The highest BCUT2D eigenvalue weighted by molar-refractivity contribution is 7.10. The topological polar surface area (TPSA) is 154 Å². The highest BCUT2D eigenvalue weighted by Gasteiger charge is 2.41. The molecule has 4 amide bonds. The molecule has 3 saturated heterocycles. The molecule has 65 heavy (non-hydrogen) atoms. The van der Waals surface area contributed by atoms with Crippen molar-refractivity contribution >= 4 is 46.1 Å². The number of likely N-dealkylation sites (N-methyl/N-ethyl adjacent to an activating group) is 2. The number of aromatic nitrogens is 3. The quantitative estimate of drug-likeness (QED) is 0.193. The van der Waals surface area contributed by atoms with Crippen LogP contribution >= 0.6 is 11.3 Å². The van der Waals surface area contributed by atoms with Gasteiger partial charge in [-0.2, -0.15) is 0 Å². The number of carbonyl (C=O) groups excluding carboxylic acids is 4. The molecule has 4 aliphatic heterocycles. The standard InChI is InChI=1S/C49H67N9O6S/c1-10-57-40-16-15-32-22-35(40)36(44(57)34-13-11-18-50-42(34)30(4)63-9)24-49(5,6)28-64-47(61)37-14-12-19-58(53-37)46(60)38(23-41-51-39(32)27-65-41)52-45(59)43(29(2)3)55(8)48(62)56-20-17-31-21-33(26-56)54(7)25-31/h11,13,15-16,18,22,27,29-31,33,37-38,43,53H,10,12,14,17,19-21,23-26,28H2,1-9H3,(H,52,59)/t30-,31?,33+,37-,38-,43-/m0/s1. The SMILES string of the molecule is CCn1c(-c2cccnc2[C@H](C)OC)c2c3cc(ccc31)-c1csc(n1)C[C@H](NC(=O)[C@H](C(C)C)N(C)C(=O)N1CCC3C[C@H](C1)N(C)C3)C(=O)N1CCC[C@H](N1)C(=O)OCC(C)(C)C2. The first-order chi connectivity index (χ1) is 31.1. The number of esters is 1. The highest BCUT2D eigenvalue weighted by atomic mass is 32.1. The molecule has 0 saturated carbocycles. The molecule has 4 aliphatic rings. The monoisotopic (exact) mass is 909 g/mol. The van der Waals surface area contributed by atoms with Crippen LogP contribution in [0.2, 0.25) is 0 Å². The Bertz CT molecular complexity index is 2410. The molecule has 3 aromatic heterocycles. The largest absolute Gasteiger partial charge is 0.464 e. The zero-order valence-corrected chi connectivity index (χ0v) is 40.4. The first-order valence-corrected chi connectivity index (χ1v) is 24.3. The number of hydrogen-bond acceptors (Lipinski definition) is 11. The van der Waals surface area contributed by atoms with Gasteiger partial charge in [0.25, 0.3) is 5.91 Å². The Morgan fingerprint density at radius 2 is 1.92 bits per heavy atom. The summed E-state index contributed by atoms with van der Waals surface area (Å²) in [5, 5.41) is 8.29. The van der Waals surface area contributed by atoms with E-state index in [-0.39, 0.29) is 37.0 Å². The minimum Gasteiger partial charge on any atom is -0.464 e. The summed E-state index contributed by atoms with van der Waals surface area (Å²) in [6.45, 7) is 15.7. The molecule has 350 valence electrons. The zero-order chi connectivity index (χ0) is 46.3. The maximum Gasteiger partial charge on any atom is 0.324 e. The molecule has 6 atom stereocenters. The smallest absolute Gasteiger partial charge is 0.324 e. The number of benzene rings is 1. The number of nitrogens with zero attached hydrogens (tertiary/aromatic N) is 7. The molecule has 15 nitrogen and oxygen atoms in total. The number of pyridine rings is 1. The van der Waals surface area contributed by atoms with Gasteiger partial charge in [-0.3, -0.25) is 24.4 Å². The number of aryl methyl sites for hydroxylation is 1. The summed E-state index contributed by atoms with van der Waals surface area (Å²) in [5.74, 6) is -0.909. The molecule has 4 aromatic rings. The van der Waals surface area contributed by atoms with Crippen LogP contribution in [-0.4, -0.2) is 136 Å². The van der Waals surface area contributed by atoms with Crippen molar-refractivity contribution in [3.8, 4) is 22.5 Å². The van der Waals surface area contributed by atoms with Crippen LogP contribution in [0.25, 0.3) is 33.4 Å². The molecule has 8 rings (SSSR count). The van der Waals surface area contributed by atoms with Crippen molar-refractivity contribution in [2.24, 2.45) is 17.3 Å². The van der Waals surface area contributed by atoms with Crippen LogP contribution in [0, 0.1) is 17.3 Å². The van der Waals surface area contributed by atoms with Crippen molar-refractivity contribution in [1.82, 2.24) is 45.0 Å². The number of carbonyl (C=O) groups is 4. The lowest BCUT2D eigenvalue weighted by Crippen LogP contribution is -2.62. The average molecular weight is 910 g/mol. The number of hydrazine groups is 1. The molecule has 1 aromatic carbocycles. The van der Waals surface area contributed by atoms with Crippen LogP contribution in [0.4, 0.5) is 4.79 Å². The van der Waals surface area contributed by atoms with E-state index in [9.17, 15) is 19.2 Å². The van der Waals surface area contributed by atoms with Crippen LogP contribution in [0.15, 0.2) is 41.9 Å². The predicted octanol–water partition coefficient (Wildman–Crippen LogP) is 6.30. The third-order valence-electron chi connectivity index (χ3n) is 14.1. The maximum absolute atomic E-state index is 14.7. The number of thiazole rings is 1. The molecule has 0 spiro atoms. The highest BCUT2D eigenvalue weighted by Crippen LogP contribution is 2.42. The molecule has 8 bridgehead atoms. The van der Waals surface area contributed by atoms with Gasteiger partial charge in [-0.1, -0.05) is 33.8 Å². The number of amides is 4. The summed E-state index contributed by atoms with van der Waals surface area (Å²) in [6.07, 6.45) is 5.33. The Kier molecular flexibility index (Phi) is 13.7. The second-order valence-electron chi connectivity index (χ2n) is 19.8. The number of rotatable bonds is 8. The Labute approximate surface area is 387 Å². The van der Waals surface area contributed by atoms with Gasteiger partial charge in [0, 0.05) is 98.4 Å². The van der Waals surface area contributed by atoms with Crippen molar-refractivity contribution in [2.45, 2.75) is 117 Å². The van der Waals surface area contributed by atoms with Crippen molar-refractivity contribution in [1.29, 1.82) is 0 Å². The van der Waals surface area contributed by atoms with E-state index in [2.05, 4.69) is 72.3 Å². The van der Waals surface area contributed by atoms with Crippen molar-refractivity contribution in [3.63, 3.8) is 0 Å². The van der Waals surface area contributed by atoms with Gasteiger partial charge in [0.1, 0.15) is 18.1 Å². The van der Waals surface area contributed by atoms with Gasteiger partial charge in [0.15, 0.2) is 0 Å². The first-order valence-electron chi connectivity index (χ1n) is 23.4. The van der Waals surface area contributed by atoms with Crippen LogP contribution in [0.5, 0.6) is 0 Å². The summed E-state index contributed by atoms with van der Waals surface area (Å²) < 4.78 is 14.3. The third-order valence-corrected chi connectivity index (χ3v) is 14.9. The van der Waals surface area contributed by atoms with Gasteiger partial charge < -0.3 is 34.1 Å². The molecule has 16 heteroatoms. The van der Waals surface area contributed by atoms with E-state index in [0.29, 0.717) is 62.4 Å². The van der Waals surface area contributed by atoms with Crippen LogP contribution in [0.1, 0.15) is 89.6 Å². The fraction of sp³-hybridized carbons (Fsp3) is 0.592. The minimum absolute atomic E-state index is 0.117. The van der Waals surface area contributed by atoms with Crippen molar-refractivity contribution < 1.29 is 28.7 Å². The molecule has 2 N–H and O–H groups in total. The van der Waals surface area contributed by atoms with Gasteiger partial charge in [0.05, 0.1) is 34.8 Å². The fourth-order valence-corrected chi connectivity index (χ4v) is 11.4. The summed E-state index contributed by atoms with van der Waals surface area (Å²) in [4.78, 5) is 73.0. The van der Waals surface area contributed by atoms with E-state index in [0.717, 1.165) is 64.1 Å². The third kappa shape index (κ3) is 9.54. The van der Waals surface area contributed by atoms with Crippen LogP contribution in [0.3, 0.4) is 0 Å². The van der Waals surface area contributed by atoms with Crippen molar-refractivity contribution in [3.05, 3.63) is 58.2 Å². The summed E-state index contributed by atoms with van der Waals surface area (Å²) in [6, 6.07) is 7.98. The van der Waals surface area contributed by atoms with Gasteiger partial charge in [-0.15, -0.1) is 11.3 Å². The molecule has 7 heterocycles. The Morgan fingerprint density at radius 3 is 2.68 bits per heavy atom. The maximum atomic E-state index is 14.7. The van der Waals surface area contributed by atoms with E-state index in [1.807, 2.05) is 37.1 Å². The van der Waals surface area contributed by atoms with Crippen LogP contribution < -0.4 is 10.7 Å². The molecular formula is C49H67N9O6S. The van der Waals surface area contributed by atoms with E-state index >= 15 is 0 Å². The van der Waals surface area contributed by atoms with E-state index in [1.54, 1.807) is 25.3 Å². The summed E-state index contributed by atoms with van der Waals surface area (Å²) >= 11 is 1.44. The van der Waals surface area contributed by atoms with Gasteiger partial charge in [-0.05, 0) is 94.7 Å². The second kappa shape index (κ2) is 19.1. The number of fused-ring (bicyclic) bond motifs is 8. The molecule has 1 unspecified atom stereocenters. The summed E-state index contributed by atoms with van der Waals surface area (Å²) in [7, 11) is 5.50. The normalized spacial score (nSPS) is 23.8. The van der Waals surface area contributed by atoms with E-state index in [4.69, 9.17) is 19.4 Å². The number of nitrogens with one attached hydrogen (secondary N) is 2. The molecular weight excluding hydrogens is 843 g/mol. The molecule has 0 radical (unpaired) electrons. The first kappa shape index (κ1) is 46.6. The van der Waals surface area contributed by atoms with E-state index in [1.165, 1.54) is 16.3 Å². The van der Waals surface area contributed by atoms with Crippen LogP contribution in [-0.2, 0) is 43.2 Å². The van der Waals surface area contributed by atoms with E-state index < -0.39 is 35.4 Å².